The van der Waals surface area contributed by atoms with Crippen LogP contribution in [0.1, 0.15) is 12.1 Å². The van der Waals surface area contributed by atoms with Crippen LogP contribution in [-0.4, -0.2) is 34.9 Å². The van der Waals surface area contributed by atoms with Crippen molar-refractivity contribution in [2.75, 3.05) is 23.3 Å². The number of carbonyl (C=O) groups excluding carboxylic acids is 1. The van der Waals surface area contributed by atoms with Gasteiger partial charge in [-0.3, -0.25) is 10.00 Å². The van der Waals surface area contributed by atoms with Crippen LogP contribution in [0.25, 0.3) is 0 Å². The first-order valence-corrected chi connectivity index (χ1v) is 7.50. The molecule has 1 aromatic heterocycles. The number of anilines is 2. The summed E-state index contributed by atoms with van der Waals surface area (Å²) in [5.41, 5.74) is 2.09. The molecule has 0 bridgehead atoms. The van der Waals surface area contributed by atoms with Crippen molar-refractivity contribution in [3.05, 3.63) is 42.1 Å². The molecule has 116 valence electrons. The van der Waals surface area contributed by atoms with E-state index in [1.807, 2.05) is 38.2 Å². The summed E-state index contributed by atoms with van der Waals surface area (Å²) >= 11 is 0. The first-order chi connectivity index (χ1) is 10.6. The van der Waals surface area contributed by atoms with Gasteiger partial charge in [-0.25, -0.2) is 4.79 Å². The molecule has 1 atom stereocenters. The second kappa shape index (κ2) is 6.09. The molecule has 0 radical (unpaired) electrons. The van der Waals surface area contributed by atoms with Crippen LogP contribution in [0.5, 0.6) is 0 Å². The summed E-state index contributed by atoms with van der Waals surface area (Å²) < 4.78 is 1.67. The summed E-state index contributed by atoms with van der Waals surface area (Å²) in [6, 6.07) is 12.1. The molecule has 1 aliphatic rings. The van der Waals surface area contributed by atoms with Gasteiger partial charge in [-0.1, -0.05) is 18.2 Å². The van der Waals surface area contributed by atoms with Crippen LogP contribution in [0.2, 0.25) is 0 Å². The van der Waals surface area contributed by atoms with Gasteiger partial charge in [0, 0.05) is 37.9 Å². The van der Waals surface area contributed by atoms with Gasteiger partial charge in [0.2, 0.25) is 0 Å². The topological polar surface area (TPSA) is 62.2 Å². The number of aromatic nitrogens is 2. The molecule has 2 amide bonds. The lowest BCUT2D eigenvalue weighted by atomic mass is 10.3. The van der Waals surface area contributed by atoms with E-state index in [1.54, 1.807) is 4.68 Å². The third-order valence-electron chi connectivity index (χ3n) is 3.89. The molecular formula is C16H21N5O. The summed E-state index contributed by atoms with van der Waals surface area (Å²) in [5.74, 6) is 0.702. The van der Waals surface area contributed by atoms with E-state index in [1.165, 1.54) is 5.69 Å². The van der Waals surface area contributed by atoms with Gasteiger partial charge >= 0.3 is 6.03 Å². The van der Waals surface area contributed by atoms with Crippen molar-refractivity contribution in [1.82, 2.24) is 15.1 Å². The Bertz CT molecular complexity index is 652. The smallest absolute Gasteiger partial charge is 0.320 e. The Hall–Kier alpha value is -2.50. The highest BCUT2D eigenvalue weighted by molar-refractivity contribution is 5.88. The van der Waals surface area contributed by atoms with Crippen LogP contribution >= 0.6 is 0 Å². The Morgan fingerprint density at radius 3 is 2.77 bits per heavy atom. The number of hydrogen-bond donors (Lipinski definition) is 2. The molecule has 0 spiro atoms. The van der Waals surface area contributed by atoms with E-state index in [0.29, 0.717) is 5.82 Å². The van der Waals surface area contributed by atoms with Crippen LogP contribution in [-0.2, 0) is 7.05 Å². The fourth-order valence-electron chi connectivity index (χ4n) is 2.82. The standard InChI is InChI=1S/C16H21N5O/c1-12-10-15(20(2)19-12)18-16(22)17-13-8-9-21(11-13)14-6-4-3-5-7-14/h3-7,10,13H,8-9,11H2,1-2H3,(H2,17,18,22)/t13-/m0/s1. The molecule has 2 heterocycles. The molecular weight excluding hydrogens is 278 g/mol. The van der Waals surface area contributed by atoms with Crippen LogP contribution in [0.4, 0.5) is 16.3 Å². The summed E-state index contributed by atoms with van der Waals surface area (Å²) in [6.45, 7) is 3.69. The Balaban J connectivity index is 1.54. The number of carbonyl (C=O) groups is 1. The maximum Gasteiger partial charge on any atom is 0.320 e. The lowest BCUT2D eigenvalue weighted by Gasteiger charge is -2.19. The highest BCUT2D eigenvalue weighted by Crippen LogP contribution is 2.19. The molecule has 0 aliphatic carbocycles. The van der Waals surface area contributed by atoms with Crippen molar-refractivity contribution in [3.8, 4) is 0 Å². The molecule has 2 aromatic rings. The minimum atomic E-state index is -0.178. The molecule has 1 fully saturated rings. The average Bonchev–Trinajstić information content (AvgIpc) is 3.07. The van der Waals surface area contributed by atoms with E-state index < -0.39 is 0 Å². The molecule has 0 saturated carbocycles. The highest BCUT2D eigenvalue weighted by Gasteiger charge is 2.24. The minimum absolute atomic E-state index is 0.162. The quantitative estimate of drug-likeness (QED) is 0.912. The van der Waals surface area contributed by atoms with Gasteiger partial charge in [0.15, 0.2) is 0 Å². The summed E-state index contributed by atoms with van der Waals surface area (Å²) in [6.07, 6.45) is 0.951. The van der Waals surface area contributed by atoms with Gasteiger partial charge in [0.25, 0.3) is 0 Å². The second-order valence-electron chi connectivity index (χ2n) is 5.66. The zero-order valence-electron chi connectivity index (χ0n) is 12.9. The van der Waals surface area contributed by atoms with Crippen LogP contribution in [0, 0.1) is 6.92 Å². The van der Waals surface area contributed by atoms with Gasteiger partial charge < -0.3 is 10.2 Å². The monoisotopic (exact) mass is 299 g/mol. The van der Waals surface area contributed by atoms with E-state index in [-0.39, 0.29) is 12.1 Å². The molecule has 1 saturated heterocycles. The van der Waals surface area contributed by atoms with Crippen molar-refractivity contribution in [1.29, 1.82) is 0 Å². The maximum atomic E-state index is 12.1. The number of benzene rings is 1. The number of hydrogen-bond acceptors (Lipinski definition) is 3. The first kappa shape index (κ1) is 14.4. The van der Waals surface area contributed by atoms with E-state index in [4.69, 9.17) is 0 Å². The zero-order valence-corrected chi connectivity index (χ0v) is 12.9. The number of nitrogens with zero attached hydrogens (tertiary/aromatic N) is 3. The second-order valence-corrected chi connectivity index (χ2v) is 5.66. The van der Waals surface area contributed by atoms with Crippen LogP contribution < -0.4 is 15.5 Å². The largest absolute Gasteiger partial charge is 0.369 e. The van der Waals surface area contributed by atoms with Crippen molar-refractivity contribution < 1.29 is 4.79 Å². The molecule has 3 rings (SSSR count). The van der Waals surface area contributed by atoms with Crippen molar-refractivity contribution in [2.45, 2.75) is 19.4 Å². The Labute approximate surface area is 130 Å². The van der Waals surface area contributed by atoms with Crippen LogP contribution in [0.15, 0.2) is 36.4 Å². The SMILES string of the molecule is Cc1cc(NC(=O)N[C@H]2CCN(c3ccccc3)C2)n(C)n1. The zero-order chi connectivity index (χ0) is 15.5. The average molecular weight is 299 g/mol. The van der Waals surface area contributed by atoms with E-state index in [9.17, 15) is 4.79 Å². The third-order valence-corrected chi connectivity index (χ3v) is 3.89. The molecule has 6 nitrogen and oxygen atoms in total. The highest BCUT2D eigenvalue weighted by atomic mass is 16.2. The van der Waals surface area contributed by atoms with Gasteiger partial charge in [0.1, 0.15) is 5.82 Å². The predicted molar refractivity (Wildman–Crippen MR) is 87.2 cm³/mol. The van der Waals surface area contributed by atoms with Gasteiger partial charge in [-0.2, -0.15) is 5.10 Å². The Morgan fingerprint density at radius 2 is 2.09 bits per heavy atom. The Kier molecular flexibility index (Phi) is 4.00. The molecule has 6 heteroatoms. The lowest BCUT2D eigenvalue weighted by molar-refractivity contribution is 0.249. The molecule has 1 aromatic carbocycles. The lowest BCUT2D eigenvalue weighted by Crippen LogP contribution is -2.40. The fraction of sp³-hybridized carbons (Fsp3) is 0.375. The normalized spacial score (nSPS) is 17.5. The number of para-hydroxylation sites is 1. The van der Waals surface area contributed by atoms with Gasteiger partial charge in [-0.05, 0) is 25.5 Å². The van der Waals surface area contributed by atoms with E-state index in [2.05, 4.69) is 32.8 Å². The molecule has 2 N–H and O–H groups in total. The van der Waals surface area contributed by atoms with E-state index in [0.717, 1.165) is 25.2 Å². The van der Waals surface area contributed by atoms with Crippen molar-refractivity contribution in [2.24, 2.45) is 7.05 Å². The Morgan fingerprint density at radius 1 is 1.32 bits per heavy atom. The van der Waals surface area contributed by atoms with Crippen LogP contribution in [0.3, 0.4) is 0 Å². The summed E-state index contributed by atoms with van der Waals surface area (Å²) in [5, 5.41) is 10.1. The summed E-state index contributed by atoms with van der Waals surface area (Å²) in [7, 11) is 1.81. The number of amides is 2. The first-order valence-electron chi connectivity index (χ1n) is 7.50. The molecule has 0 unspecified atom stereocenters. The van der Waals surface area contributed by atoms with Crippen molar-refractivity contribution in [3.63, 3.8) is 0 Å². The third kappa shape index (κ3) is 3.21. The maximum absolute atomic E-state index is 12.1. The molecule has 22 heavy (non-hydrogen) atoms. The van der Waals surface area contributed by atoms with E-state index >= 15 is 0 Å². The predicted octanol–water partition coefficient (Wildman–Crippen LogP) is 2.13. The fourth-order valence-corrected chi connectivity index (χ4v) is 2.82. The van der Waals surface area contributed by atoms with Gasteiger partial charge in [0.05, 0.1) is 5.69 Å². The minimum Gasteiger partial charge on any atom is -0.369 e. The summed E-state index contributed by atoms with van der Waals surface area (Å²) in [4.78, 5) is 14.4. The number of rotatable bonds is 3. The van der Waals surface area contributed by atoms with Gasteiger partial charge in [-0.15, -0.1) is 0 Å². The number of nitrogens with one attached hydrogen (secondary N) is 2. The number of aryl methyl sites for hydroxylation is 2. The van der Waals surface area contributed by atoms with Crippen molar-refractivity contribution >= 4 is 17.5 Å². The molecule has 1 aliphatic heterocycles. The number of urea groups is 1.